The number of carbonyl (C=O) groups excluding carboxylic acids is 1. The van der Waals surface area contributed by atoms with Gasteiger partial charge in [0, 0.05) is 62.9 Å². The van der Waals surface area contributed by atoms with Gasteiger partial charge >= 0.3 is 5.97 Å². The summed E-state index contributed by atoms with van der Waals surface area (Å²) in [5, 5.41) is 21.7. The first kappa shape index (κ1) is 38.8. The number of aryl methyl sites for hydroxylation is 1. The topological polar surface area (TPSA) is 140 Å². The molecule has 0 radical (unpaired) electrons. The molecule has 13 heteroatoms. The third kappa shape index (κ3) is 9.24. The van der Waals surface area contributed by atoms with E-state index >= 15 is 0 Å². The van der Waals surface area contributed by atoms with Crippen molar-refractivity contribution in [2.24, 2.45) is 17.8 Å². The number of hydrogen-bond donors (Lipinski definition) is 3. The van der Waals surface area contributed by atoms with E-state index < -0.39 is 32.8 Å². The van der Waals surface area contributed by atoms with Crippen molar-refractivity contribution in [1.29, 1.82) is 0 Å². The second-order valence-corrected chi connectivity index (χ2v) is 18.1. The van der Waals surface area contributed by atoms with Crippen LogP contribution in [0.15, 0.2) is 36.4 Å². The van der Waals surface area contributed by atoms with Crippen LogP contribution in [0, 0.1) is 17.8 Å². The number of hydrogen-bond acceptors (Lipinski definition) is 9. The number of anilines is 1. The molecule has 286 valence electrons. The molecule has 0 unspecified atom stereocenters. The highest BCUT2D eigenvalue weighted by Gasteiger charge is 2.48. The maximum absolute atomic E-state index is 13.5. The molecule has 1 saturated carbocycles. The van der Waals surface area contributed by atoms with Crippen LogP contribution in [-0.4, -0.2) is 104 Å². The van der Waals surface area contributed by atoms with Gasteiger partial charge in [-0.2, -0.15) is 0 Å². The molecule has 6 rings (SSSR count). The Hall–Kier alpha value is -2.90. The number of carboxylic acid groups (broad SMARTS) is 1. The summed E-state index contributed by atoms with van der Waals surface area (Å²) in [7, 11) is -3.98. The van der Waals surface area contributed by atoms with Crippen molar-refractivity contribution in [3.63, 3.8) is 0 Å². The molecule has 2 bridgehead atoms. The van der Waals surface area contributed by atoms with E-state index in [9.17, 15) is 23.1 Å². The molecule has 4 aliphatic rings. The molecule has 5 atom stereocenters. The zero-order chi connectivity index (χ0) is 37.0. The lowest BCUT2D eigenvalue weighted by Crippen LogP contribution is -2.58. The predicted molar refractivity (Wildman–Crippen MR) is 203 cm³/mol. The summed E-state index contributed by atoms with van der Waals surface area (Å²) in [6.45, 7) is 9.39. The molecule has 1 amide bonds. The van der Waals surface area contributed by atoms with Gasteiger partial charge in [-0.15, -0.1) is 0 Å². The number of nitrogens with zero attached hydrogens (tertiary/aromatic N) is 3. The highest BCUT2D eigenvalue weighted by atomic mass is 35.5. The summed E-state index contributed by atoms with van der Waals surface area (Å²) in [4.78, 5) is 31.5. The van der Waals surface area contributed by atoms with Crippen molar-refractivity contribution in [3.05, 3.63) is 58.1 Å². The molecule has 2 aromatic carbocycles. The number of carboxylic acids is 1. The smallest absolute Gasteiger partial charge is 0.304 e. The highest BCUT2D eigenvalue weighted by molar-refractivity contribution is 7.90. The summed E-state index contributed by atoms with van der Waals surface area (Å²) < 4.78 is 35.9. The first-order chi connectivity index (χ1) is 24.8. The molecule has 0 spiro atoms. The SMILES string of the molecule is C[C@@H]1[C@@H](C)CCC[C@@](O)(CN2CCN(CCC(=O)O)CC2)[C@@H]2CC[C@H]2CN2CCCCc3cc(Cl)ccc3COc3ccc(cc32)C(=O)NS1(=O)=O. The minimum atomic E-state index is -3.98. The van der Waals surface area contributed by atoms with Crippen molar-refractivity contribution in [3.8, 4) is 5.75 Å². The van der Waals surface area contributed by atoms with Crippen LogP contribution in [0.4, 0.5) is 5.69 Å². The fourth-order valence-corrected chi connectivity index (χ4v) is 10.1. The average molecular weight is 759 g/mol. The molecule has 3 N–H and O–H groups in total. The zero-order valence-corrected chi connectivity index (χ0v) is 32.1. The third-order valence-corrected chi connectivity index (χ3v) is 14.3. The van der Waals surface area contributed by atoms with Gasteiger partial charge in [0.15, 0.2) is 0 Å². The molecule has 52 heavy (non-hydrogen) atoms. The Morgan fingerprint density at radius 3 is 2.48 bits per heavy atom. The van der Waals surface area contributed by atoms with E-state index in [1.165, 1.54) is 0 Å². The van der Waals surface area contributed by atoms with Gasteiger partial charge in [0.1, 0.15) is 12.4 Å². The van der Waals surface area contributed by atoms with Crippen molar-refractivity contribution in [1.82, 2.24) is 14.5 Å². The van der Waals surface area contributed by atoms with Crippen LogP contribution in [0.5, 0.6) is 5.75 Å². The number of halogens is 1. The fraction of sp³-hybridized carbons (Fsp3) is 0.641. The highest BCUT2D eigenvalue weighted by Crippen LogP contribution is 2.46. The molecule has 1 saturated heterocycles. The maximum Gasteiger partial charge on any atom is 0.304 e. The maximum atomic E-state index is 13.5. The number of benzene rings is 2. The number of aliphatic carboxylic acids is 1. The molecule has 2 fully saturated rings. The Labute approximate surface area is 313 Å². The normalized spacial score (nSPS) is 29.3. The summed E-state index contributed by atoms with van der Waals surface area (Å²) in [6.07, 6.45) is 6.53. The van der Waals surface area contributed by atoms with Crippen LogP contribution in [0.1, 0.15) is 86.7 Å². The number of nitrogens with one attached hydrogen (secondary N) is 1. The number of aliphatic hydroxyl groups is 1. The summed E-state index contributed by atoms with van der Waals surface area (Å²) in [6, 6.07) is 11.1. The van der Waals surface area contributed by atoms with Crippen LogP contribution in [-0.2, 0) is 27.8 Å². The summed E-state index contributed by atoms with van der Waals surface area (Å²) >= 11 is 6.37. The van der Waals surface area contributed by atoms with E-state index in [-0.39, 0.29) is 29.7 Å². The first-order valence-corrected chi connectivity index (χ1v) is 21.0. The lowest BCUT2D eigenvalue weighted by atomic mass is 9.62. The second-order valence-electron chi connectivity index (χ2n) is 15.6. The van der Waals surface area contributed by atoms with Gasteiger partial charge in [-0.25, -0.2) is 13.1 Å². The quantitative estimate of drug-likeness (QED) is 0.374. The minimum absolute atomic E-state index is 0.0577. The lowest BCUT2D eigenvalue weighted by molar-refractivity contribution is -0.137. The molecule has 2 aromatic rings. The number of amides is 1. The van der Waals surface area contributed by atoms with Crippen LogP contribution in [0.25, 0.3) is 0 Å². The number of β-amino-alcohol motifs (C(OH)–C–C–N with tert-alkyl or cyclic N) is 1. The second kappa shape index (κ2) is 16.6. The van der Waals surface area contributed by atoms with Gasteiger partial charge in [-0.05, 0) is 111 Å². The largest absolute Gasteiger partial charge is 0.487 e. The Morgan fingerprint density at radius 2 is 1.75 bits per heavy atom. The van der Waals surface area contributed by atoms with Crippen LogP contribution >= 0.6 is 11.6 Å². The van der Waals surface area contributed by atoms with Crippen molar-refractivity contribution in [2.45, 2.75) is 89.1 Å². The molecule has 3 aliphatic heterocycles. The standard InChI is InChI=1S/C39H55ClN4O7S/c1-27-6-5-15-39(48,26-43-20-18-42(19-21-43)17-14-37(45)46)34-12-9-31(34)24-44-16-4-3-7-29-22-33(40)11-8-32(29)25-51-36-13-10-30(23-35(36)44)38(47)41-52(49,50)28(27)2/h8,10-11,13,22-23,27-28,31,34,48H,3-7,9,12,14-21,24-26H2,1-2H3,(H,41,47)(H,45,46)/t27-,28+,31-,34+,39+/m0/s1. The first-order valence-electron chi connectivity index (χ1n) is 19.1. The molecule has 0 aromatic heterocycles. The van der Waals surface area contributed by atoms with E-state index in [1.54, 1.807) is 25.1 Å². The Morgan fingerprint density at radius 1 is 0.981 bits per heavy atom. The van der Waals surface area contributed by atoms with Gasteiger partial charge in [0.25, 0.3) is 5.91 Å². The number of sulfonamides is 1. The molecule has 11 nitrogen and oxygen atoms in total. The number of piperazine rings is 1. The van der Waals surface area contributed by atoms with E-state index in [0.29, 0.717) is 62.8 Å². The molecule has 3 heterocycles. The number of carbonyl (C=O) groups is 2. The third-order valence-electron chi connectivity index (χ3n) is 12.2. The Bertz CT molecular complexity index is 1700. The predicted octanol–water partition coefficient (Wildman–Crippen LogP) is 5.18. The molecule has 1 aliphatic carbocycles. The minimum Gasteiger partial charge on any atom is -0.487 e. The number of ether oxygens (including phenoxy) is 1. The van der Waals surface area contributed by atoms with Gasteiger partial charge in [-0.1, -0.05) is 31.0 Å². The van der Waals surface area contributed by atoms with Crippen LogP contribution < -0.4 is 14.4 Å². The zero-order valence-electron chi connectivity index (χ0n) is 30.6. The Kier molecular flexibility index (Phi) is 12.4. The number of rotatable bonds is 5. The average Bonchev–Trinajstić information content (AvgIpc) is 3.11. The van der Waals surface area contributed by atoms with Gasteiger partial charge in [0.05, 0.1) is 23.0 Å². The molecular formula is C39H55ClN4O7S. The van der Waals surface area contributed by atoms with Crippen molar-refractivity contribution >= 4 is 39.2 Å². The lowest BCUT2D eigenvalue weighted by Gasteiger charge is -2.51. The molecular weight excluding hydrogens is 704 g/mol. The summed E-state index contributed by atoms with van der Waals surface area (Å²) in [5.74, 6) is -0.772. The Balaban J connectivity index is 1.31. The van der Waals surface area contributed by atoms with E-state index in [0.717, 1.165) is 75.1 Å². The number of fused-ring (bicyclic) bond motifs is 3. The van der Waals surface area contributed by atoms with Crippen LogP contribution in [0.3, 0.4) is 0 Å². The van der Waals surface area contributed by atoms with E-state index in [2.05, 4.69) is 19.4 Å². The van der Waals surface area contributed by atoms with Gasteiger partial charge < -0.3 is 24.7 Å². The summed E-state index contributed by atoms with van der Waals surface area (Å²) in [5.41, 5.74) is 2.26. The van der Waals surface area contributed by atoms with Gasteiger partial charge in [-0.3, -0.25) is 14.5 Å². The van der Waals surface area contributed by atoms with Crippen molar-refractivity contribution < 1.29 is 33.0 Å². The van der Waals surface area contributed by atoms with Crippen LogP contribution in [0.2, 0.25) is 5.02 Å². The van der Waals surface area contributed by atoms with Gasteiger partial charge in [0.2, 0.25) is 10.0 Å². The van der Waals surface area contributed by atoms with E-state index in [4.69, 9.17) is 21.4 Å². The fourth-order valence-electron chi connectivity index (χ4n) is 8.60. The monoisotopic (exact) mass is 758 g/mol. The van der Waals surface area contributed by atoms with Crippen molar-refractivity contribution in [2.75, 3.05) is 57.3 Å². The van der Waals surface area contributed by atoms with E-state index in [1.807, 2.05) is 25.1 Å².